The van der Waals surface area contributed by atoms with Crippen LogP contribution in [0.4, 0.5) is 0 Å². The summed E-state index contributed by atoms with van der Waals surface area (Å²) in [7, 11) is 0. The second-order valence-electron chi connectivity index (χ2n) is 3.17. The van der Waals surface area contributed by atoms with Gasteiger partial charge in [-0.05, 0) is 24.1 Å². The van der Waals surface area contributed by atoms with E-state index in [1.165, 1.54) is 0 Å². The molecule has 1 rings (SSSR count). The van der Waals surface area contributed by atoms with Crippen molar-refractivity contribution in [3.8, 4) is 6.07 Å². The van der Waals surface area contributed by atoms with Crippen LogP contribution in [0, 0.1) is 11.3 Å². The quantitative estimate of drug-likeness (QED) is 0.820. The van der Waals surface area contributed by atoms with Gasteiger partial charge in [0.1, 0.15) is 0 Å². The Balaban J connectivity index is 2.83. The molecule has 1 aromatic rings. The predicted octanol–water partition coefficient (Wildman–Crippen LogP) is 3.56. The van der Waals surface area contributed by atoms with Crippen molar-refractivity contribution in [2.45, 2.75) is 19.4 Å². The van der Waals surface area contributed by atoms with Crippen molar-refractivity contribution in [1.82, 2.24) is 5.32 Å². The molecule has 0 aliphatic heterocycles. The molecule has 0 saturated heterocycles. The van der Waals surface area contributed by atoms with E-state index < -0.39 is 0 Å². The number of benzene rings is 1. The van der Waals surface area contributed by atoms with E-state index in [1.807, 2.05) is 12.1 Å². The largest absolute Gasteiger partial charge is 0.298 e. The lowest BCUT2D eigenvalue weighted by molar-refractivity contribution is 0.554. The number of nitriles is 1. The second-order valence-corrected chi connectivity index (χ2v) is 3.99. The molecule has 0 radical (unpaired) electrons. The van der Waals surface area contributed by atoms with Gasteiger partial charge in [0, 0.05) is 6.04 Å². The Morgan fingerprint density at radius 2 is 2.13 bits per heavy atom. The van der Waals surface area contributed by atoms with Gasteiger partial charge in [-0.1, -0.05) is 36.2 Å². The number of nitrogens with zero attached hydrogens (tertiary/aromatic N) is 1. The summed E-state index contributed by atoms with van der Waals surface area (Å²) in [6.45, 7) is 2.39. The SMILES string of the molecule is CCC(NCC#N)c1ccc(Cl)c(Cl)c1. The Kier molecular flexibility index (Phi) is 4.90. The average Bonchev–Trinajstić information content (AvgIpc) is 2.24. The molecule has 0 aliphatic rings. The maximum atomic E-state index is 8.50. The van der Waals surface area contributed by atoms with Gasteiger partial charge in [0.2, 0.25) is 0 Å². The number of rotatable bonds is 4. The molecule has 1 atom stereocenters. The van der Waals surface area contributed by atoms with Gasteiger partial charge < -0.3 is 0 Å². The van der Waals surface area contributed by atoms with Gasteiger partial charge in [0.05, 0.1) is 22.7 Å². The Bertz CT molecular complexity index is 371. The fourth-order valence-electron chi connectivity index (χ4n) is 1.40. The van der Waals surface area contributed by atoms with Crippen molar-refractivity contribution in [2.24, 2.45) is 0 Å². The van der Waals surface area contributed by atoms with Crippen LogP contribution in [-0.4, -0.2) is 6.54 Å². The summed E-state index contributed by atoms with van der Waals surface area (Å²) in [5.41, 5.74) is 1.06. The first-order valence-electron chi connectivity index (χ1n) is 4.74. The maximum Gasteiger partial charge on any atom is 0.0845 e. The van der Waals surface area contributed by atoms with Crippen LogP contribution < -0.4 is 5.32 Å². The molecular formula is C11H12Cl2N2. The number of hydrogen-bond acceptors (Lipinski definition) is 2. The van der Waals surface area contributed by atoms with Gasteiger partial charge in [-0.3, -0.25) is 5.32 Å². The van der Waals surface area contributed by atoms with Crippen LogP contribution in [-0.2, 0) is 0 Å². The minimum Gasteiger partial charge on any atom is -0.298 e. The van der Waals surface area contributed by atoms with Crippen molar-refractivity contribution in [2.75, 3.05) is 6.54 Å². The summed E-state index contributed by atoms with van der Waals surface area (Å²) in [6, 6.07) is 7.74. The van der Waals surface area contributed by atoms with E-state index in [4.69, 9.17) is 28.5 Å². The summed E-state index contributed by atoms with van der Waals surface area (Å²) in [4.78, 5) is 0. The molecule has 2 nitrogen and oxygen atoms in total. The van der Waals surface area contributed by atoms with E-state index in [2.05, 4.69) is 18.3 Å². The van der Waals surface area contributed by atoms with Crippen LogP contribution in [0.2, 0.25) is 10.0 Å². The third-order valence-corrected chi connectivity index (χ3v) is 2.92. The molecule has 15 heavy (non-hydrogen) atoms. The number of nitrogens with one attached hydrogen (secondary N) is 1. The molecule has 1 N–H and O–H groups in total. The van der Waals surface area contributed by atoms with Crippen LogP contribution in [0.25, 0.3) is 0 Å². The molecule has 0 aliphatic carbocycles. The van der Waals surface area contributed by atoms with Crippen molar-refractivity contribution in [1.29, 1.82) is 5.26 Å². The van der Waals surface area contributed by atoms with Gasteiger partial charge >= 0.3 is 0 Å². The normalized spacial score (nSPS) is 12.1. The molecule has 0 spiro atoms. The summed E-state index contributed by atoms with van der Waals surface area (Å²) in [5.74, 6) is 0. The second kappa shape index (κ2) is 5.97. The van der Waals surface area contributed by atoms with E-state index in [-0.39, 0.29) is 6.04 Å². The maximum absolute atomic E-state index is 8.50. The summed E-state index contributed by atoms with van der Waals surface area (Å²) in [6.07, 6.45) is 0.902. The Labute approximate surface area is 99.8 Å². The van der Waals surface area contributed by atoms with Crippen LogP contribution in [0.5, 0.6) is 0 Å². The predicted molar refractivity (Wildman–Crippen MR) is 63.1 cm³/mol. The van der Waals surface area contributed by atoms with E-state index in [0.29, 0.717) is 16.6 Å². The molecular weight excluding hydrogens is 231 g/mol. The molecule has 1 aromatic carbocycles. The van der Waals surface area contributed by atoms with Gasteiger partial charge in [-0.25, -0.2) is 0 Å². The van der Waals surface area contributed by atoms with Crippen LogP contribution in [0.1, 0.15) is 24.9 Å². The third kappa shape index (κ3) is 3.39. The van der Waals surface area contributed by atoms with E-state index in [0.717, 1.165) is 12.0 Å². The lowest BCUT2D eigenvalue weighted by Gasteiger charge is -2.15. The Morgan fingerprint density at radius 3 is 2.67 bits per heavy atom. The summed E-state index contributed by atoms with van der Waals surface area (Å²) >= 11 is 11.8. The third-order valence-electron chi connectivity index (χ3n) is 2.18. The van der Waals surface area contributed by atoms with Gasteiger partial charge in [-0.15, -0.1) is 0 Å². The zero-order chi connectivity index (χ0) is 11.3. The highest BCUT2D eigenvalue weighted by molar-refractivity contribution is 6.42. The fraction of sp³-hybridized carbons (Fsp3) is 0.364. The Hall–Kier alpha value is -0.750. The summed E-state index contributed by atoms with van der Waals surface area (Å²) < 4.78 is 0. The Morgan fingerprint density at radius 1 is 1.40 bits per heavy atom. The van der Waals surface area contributed by atoms with Gasteiger partial charge in [-0.2, -0.15) is 5.26 Å². The van der Waals surface area contributed by atoms with E-state index >= 15 is 0 Å². The number of halogens is 2. The molecule has 1 unspecified atom stereocenters. The highest BCUT2D eigenvalue weighted by atomic mass is 35.5. The molecule has 4 heteroatoms. The standard InChI is InChI=1S/C11H12Cl2N2/c1-2-11(15-6-5-14)8-3-4-9(12)10(13)7-8/h3-4,7,11,15H,2,6H2,1H3. The molecule has 0 bridgehead atoms. The van der Waals surface area contributed by atoms with E-state index in [9.17, 15) is 0 Å². The molecule has 0 amide bonds. The van der Waals surface area contributed by atoms with Crippen LogP contribution in [0.15, 0.2) is 18.2 Å². The lowest BCUT2D eigenvalue weighted by atomic mass is 10.0. The minimum absolute atomic E-state index is 0.152. The van der Waals surface area contributed by atoms with Gasteiger partial charge in [0.15, 0.2) is 0 Å². The highest BCUT2D eigenvalue weighted by Crippen LogP contribution is 2.26. The smallest absolute Gasteiger partial charge is 0.0845 e. The van der Waals surface area contributed by atoms with Crippen LogP contribution in [0.3, 0.4) is 0 Å². The van der Waals surface area contributed by atoms with Crippen molar-refractivity contribution < 1.29 is 0 Å². The van der Waals surface area contributed by atoms with Crippen molar-refractivity contribution >= 4 is 23.2 Å². The minimum atomic E-state index is 0.152. The van der Waals surface area contributed by atoms with Crippen molar-refractivity contribution in [3.63, 3.8) is 0 Å². The zero-order valence-corrected chi connectivity index (χ0v) is 9.94. The number of hydrogen-bond donors (Lipinski definition) is 1. The fourth-order valence-corrected chi connectivity index (χ4v) is 1.70. The average molecular weight is 243 g/mol. The first kappa shape index (κ1) is 12.3. The molecule has 80 valence electrons. The molecule has 0 aromatic heterocycles. The molecule has 0 fully saturated rings. The van der Waals surface area contributed by atoms with Crippen molar-refractivity contribution in [3.05, 3.63) is 33.8 Å². The monoisotopic (exact) mass is 242 g/mol. The first-order valence-corrected chi connectivity index (χ1v) is 5.50. The summed E-state index contributed by atoms with van der Waals surface area (Å²) in [5, 5.41) is 12.7. The topological polar surface area (TPSA) is 35.8 Å². The first-order chi connectivity index (χ1) is 7.19. The lowest BCUT2D eigenvalue weighted by Crippen LogP contribution is -2.20. The van der Waals surface area contributed by atoms with Crippen LogP contribution >= 0.6 is 23.2 Å². The molecule has 0 heterocycles. The molecule has 0 saturated carbocycles. The zero-order valence-electron chi connectivity index (χ0n) is 8.43. The highest BCUT2D eigenvalue weighted by Gasteiger charge is 2.09. The van der Waals surface area contributed by atoms with E-state index in [1.54, 1.807) is 6.07 Å². The van der Waals surface area contributed by atoms with Gasteiger partial charge in [0.25, 0.3) is 0 Å².